The van der Waals surface area contributed by atoms with E-state index >= 15 is 0 Å². The molecule has 0 amide bonds. The van der Waals surface area contributed by atoms with Crippen molar-refractivity contribution in [2.75, 3.05) is 0 Å². The molecule has 1 aromatic rings. The fourth-order valence-electron chi connectivity index (χ4n) is 1.33. The van der Waals surface area contributed by atoms with Crippen LogP contribution in [0.5, 0.6) is 0 Å². The predicted octanol–water partition coefficient (Wildman–Crippen LogP) is 5.16. The van der Waals surface area contributed by atoms with Crippen LogP contribution in [0, 0.1) is 0 Å². The largest absolute Gasteiger partial charge is 0.446 e. The van der Waals surface area contributed by atoms with Crippen LogP contribution in [0.15, 0.2) is 23.1 Å². The van der Waals surface area contributed by atoms with Crippen LogP contribution in [0.4, 0.5) is 13.2 Å². The van der Waals surface area contributed by atoms with Crippen LogP contribution in [-0.4, -0.2) is 16.1 Å². The van der Waals surface area contributed by atoms with Gasteiger partial charge < -0.3 is 0 Å². The lowest BCUT2D eigenvalue weighted by Gasteiger charge is -2.14. The summed E-state index contributed by atoms with van der Waals surface area (Å²) in [5.74, 6) is -0.357. The van der Waals surface area contributed by atoms with Crippen LogP contribution in [0.2, 0.25) is 0 Å². The molecular formula is C11H9Br2F3OS. The normalized spacial score (nSPS) is 13.4. The summed E-state index contributed by atoms with van der Waals surface area (Å²) in [5, 5.41) is 0.267. The van der Waals surface area contributed by atoms with Gasteiger partial charge in [0.1, 0.15) is 0 Å². The summed E-state index contributed by atoms with van der Waals surface area (Å²) in [4.78, 5) is 11.3. The molecule has 0 saturated heterocycles. The van der Waals surface area contributed by atoms with Crippen LogP contribution in [0.25, 0.3) is 0 Å². The number of thioether (sulfide) groups is 1. The topological polar surface area (TPSA) is 17.1 Å². The first kappa shape index (κ1) is 16.0. The third-order valence-electron chi connectivity index (χ3n) is 2.09. The smallest absolute Gasteiger partial charge is 0.293 e. The zero-order valence-electron chi connectivity index (χ0n) is 9.22. The number of alkyl halides is 5. The molecule has 0 heterocycles. The van der Waals surface area contributed by atoms with Crippen LogP contribution in [0.1, 0.15) is 22.8 Å². The van der Waals surface area contributed by atoms with Crippen molar-refractivity contribution in [2.45, 2.75) is 27.5 Å². The maximum atomic E-state index is 12.5. The van der Waals surface area contributed by atoms with Gasteiger partial charge >= 0.3 is 5.51 Å². The van der Waals surface area contributed by atoms with E-state index in [1.807, 2.05) is 0 Å². The van der Waals surface area contributed by atoms with Gasteiger partial charge in [-0.25, -0.2) is 0 Å². The summed E-state index contributed by atoms with van der Waals surface area (Å²) < 4.78 is 37.6. The first-order valence-electron chi connectivity index (χ1n) is 4.88. The average Bonchev–Trinajstić information content (AvgIpc) is 2.26. The summed E-state index contributed by atoms with van der Waals surface area (Å²) in [5.41, 5.74) is -3.86. The molecule has 0 aliphatic rings. The lowest BCUT2D eigenvalue weighted by molar-refractivity contribution is -0.0328. The van der Waals surface area contributed by atoms with Crippen molar-refractivity contribution in [1.29, 1.82) is 0 Å². The third-order valence-corrected chi connectivity index (χ3v) is 4.02. The van der Waals surface area contributed by atoms with Crippen molar-refractivity contribution >= 4 is 49.4 Å². The van der Waals surface area contributed by atoms with E-state index in [1.54, 1.807) is 19.1 Å². The molecule has 0 radical (unpaired) electrons. The Morgan fingerprint density at radius 1 is 1.44 bits per heavy atom. The predicted molar refractivity (Wildman–Crippen MR) is 73.7 cm³/mol. The molecule has 0 saturated carbocycles. The molecule has 0 aromatic heterocycles. The fourth-order valence-corrected chi connectivity index (χ4v) is 3.02. The maximum absolute atomic E-state index is 12.5. The van der Waals surface area contributed by atoms with Gasteiger partial charge in [-0.05, 0) is 24.2 Å². The number of ketones is 1. The Bertz CT molecular complexity index is 446. The lowest BCUT2D eigenvalue weighted by Crippen LogP contribution is -2.13. The molecule has 1 aromatic carbocycles. The number of carbonyl (C=O) groups excluding carboxylic acids is 1. The second-order valence-corrected chi connectivity index (χ2v) is 6.47. The standard InChI is InChI=1S/C11H9Br2F3OS/c1-6(13)9(17)8-4-2-3-7(5-12)10(8)18-11(14,15)16/h2-4,6H,5H2,1H3. The molecular weight excluding hydrogens is 397 g/mol. The van der Waals surface area contributed by atoms with E-state index in [0.29, 0.717) is 5.56 Å². The molecule has 7 heteroatoms. The highest BCUT2D eigenvalue weighted by atomic mass is 79.9. The Morgan fingerprint density at radius 3 is 2.50 bits per heavy atom. The SMILES string of the molecule is CC(Br)C(=O)c1cccc(CBr)c1SC(F)(F)F. The molecule has 0 N–H and O–H groups in total. The van der Waals surface area contributed by atoms with E-state index in [9.17, 15) is 18.0 Å². The van der Waals surface area contributed by atoms with Gasteiger partial charge in [0, 0.05) is 15.8 Å². The van der Waals surface area contributed by atoms with E-state index in [-0.39, 0.29) is 33.3 Å². The number of hydrogen-bond donors (Lipinski definition) is 0. The minimum atomic E-state index is -4.41. The van der Waals surface area contributed by atoms with Gasteiger partial charge in [0.15, 0.2) is 5.78 Å². The van der Waals surface area contributed by atoms with E-state index in [0.717, 1.165) is 0 Å². The molecule has 0 aliphatic carbocycles. The molecule has 18 heavy (non-hydrogen) atoms. The molecule has 0 fully saturated rings. The van der Waals surface area contributed by atoms with Crippen molar-refractivity contribution in [3.63, 3.8) is 0 Å². The molecule has 1 atom stereocenters. The summed E-state index contributed by atoms with van der Waals surface area (Å²) in [6.45, 7) is 1.59. The highest BCUT2D eigenvalue weighted by Gasteiger charge is 2.33. The number of halogens is 5. The molecule has 0 aliphatic heterocycles. The third kappa shape index (κ3) is 4.28. The zero-order chi connectivity index (χ0) is 13.9. The Kier molecular flexibility index (Phi) is 5.73. The van der Waals surface area contributed by atoms with E-state index < -0.39 is 10.3 Å². The Hall–Kier alpha value is -0.0100. The van der Waals surface area contributed by atoms with Gasteiger partial charge in [0.25, 0.3) is 0 Å². The van der Waals surface area contributed by atoms with Crippen LogP contribution in [-0.2, 0) is 5.33 Å². The molecule has 0 spiro atoms. The van der Waals surface area contributed by atoms with Crippen LogP contribution < -0.4 is 0 Å². The van der Waals surface area contributed by atoms with Crippen molar-refractivity contribution in [3.05, 3.63) is 29.3 Å². The molecule has 1 rings (SSSR count). The number of hydrogen-bond acceptors (Lipinski definition) is 2. The molecule has 1 unspecified atom stereocenters. The number of rotatable bonds is 4. The van der Waals surface area contributed by atoms with E-state index in [4.69, 9.17) is 0 Å². The maximum Gasteiger partial charge on any atom is 0.446 e. The summed E-state index contributed by atoms with van der Waals surface area (Å²) in [6, 6.07) is 4.57. The monoisotopic (exact) mass is 404 g/mol. The van der Waals surface area contributed by atoms with Crippen molar-refractivity contribution in [1.82, 2.24) is 0 Å². The Labute approximate surface area is 124 Å². The Balaban J connectivity index is 3.29. The van der Waals surface area contributed by atoms with Crippen molar-refractivity contribution in [2.24, 2.45) is 0 Å². The minimum absolute atomic E-state index is 0.0295. The summed E-state index contributed by atoms with van der Waals surface area (Å²) in [7, 11) is 0. The average molecular weight is 406 g/mol. The second-order valence-electron chi connectivity index (χ2n) is 3.46. The summed E-state index contributed by atoms with van der Waals surface area (Å²) >= 11 is 5.97. The van der Waals surface area contributed by atoms with Crippen molar-refractivity contribution in [3.8, 4) is 0 Å². The Morgan fingerprint density at radius 2 is 2.06 bits per heavy atom. The van der Waals surface area contributed by atoms with E-state index in [1.165, 1.54) is 6.07 Å². The van der Waals surface area contributed by atoms with Crippen LogP contribution in [0.3, 0.4) is 0 Å². The second kappa shape index (κ2) is 6.43. The van der Waals surface area contributed by atoms with Gasteiger partial charge in [0.05, 0.1) is 4.83 Å². The van der Waals surface area contributed by atoms with Gasteiger partial charge in [-0.3, -0.25) is 4.79 Å². The quantitative estimate of drug-likeness (QED) is 0.391. The van der Waals surface area contributed by atoms with Crippen molar-refractivity contribution < 1.29 is 18.0 Å². The fraction of sp³-hybridized carbons (Fsp3) is 0.364. The number of Topliss-reactive ketones (excluding diaryl/α,β-unsaturated/α-hetero) is 1. The molecule has 1 nitrogen and oxygen atoms in total. The minimum Gasteiger partial charge on any atom is -0.293 e. The molecule has 100 valence electrons. The first-order valence-corrected chi connectivity index (χ1v) is 7.73. The highest BCUT2D eigenvalue weighted by molar-refractivity contribution is 9.10. The first-order chi connectivity index (χ1) is 8.26. The van der Waals surface area contributed by atoms with Crippen LogP contribution >= 0.6 is 43.6 Å². The zero-order valence-corrected chi connectivity index (χ0v) is 13.2. The van der Waals surface area contributed by atoms with Gasteiger partial charge in [-0.1, -0.05) is 50.1 Å². The highest BCUT2D eigenvalue weighted by Crippen LogP contribution is 2.41. The molecule has 0 bridgehead atoms. The van der Waals surface area contributed by atoms with Gasteiger partial charge in [-0.2, -0.15) is 13.2 Å². The van der Waals surface area contributed by atoms with Gasteiger partial charge in [-0.15, -0.1) is 0 Å². The lowest BCUT2D eigenvalue weighted by atomic mass is 10.1. The van der Waals surface area contributed by atoms with Gasteiger partial charge in [0.2, 0.25) is 0 Å². The number of carbonyl (C=O) groups is 1. The van der Waals surface area contributed by atoms with E-state index in [2.05, 4.69) is 31.9 Å². The summed E-state index contributed by atoms with van der Waals surface area (Å²) in [6.07, 6.45) is 0. The number of benzene rings is 1.